The lowest BCUT2D eigenvalue weighted by Crippen LogP contribution is -2.36. The Hall–Kier alpha value is -2.55. The van der Waals surface area contributed by atoms with Gasteiger partial charge in [-0.1, -0.05) is 60.7 Å². The van der Waals surface area contributed by atoms with Crippen molar-refractivity contribution in [1.29, 1.82) is 0 Å². The molecule has 3 nitrogen and oxygen atoms in total. The molecule has 0 unspecified atom stereocenters. The van der Waals surface area contributed by atoms with E-state index in [4.69, 9.17) is 0 Å². The fourth-order valence-corrected chi connectivity index (χ4v) is 2.49. The molecule has 0 spiro atoms. The smallest absolute Gasteiger partial charge is 0.242 e. The first-order chi connectivity index (χ1) is 11.1. The van der Waals surface area contributed by atoms with Gasteiger partial charge in [0.25, 0.3) is 0 Å². The molecule has 0 heterocycles. The largest absolute Gasteiger partial charge is 0.376 e. The molecule has 3 heteroatoms. The molecule has 0 fully saturated rings. The third-order valence-electron chi connectivity index (χ3n) is 3.64. The zero-order chi connectivity index (χ0) is 16.7. The van der Waals surface area contributed by atoms with Gasteiger partial charge in [0.2, 0.25) is 5.91 Å². The number of amides is 1. The highest BCUT2D eigenvalue weighted by atomic mass is 16.2. The van der Waals surface area contributed by atoms with Gasteiger partial charge < -0.3 is 10.2 Å². The Morgan fingerprint density at radius 1 is 1.09 bits per heavy atom. The van der Waals surface area contributed by atoms with Gasteiger partial charge in [0, 0.05) is 24.3 Å². The molecule has 0 atom stereocenters. The zero-order valence-electron chi connectivity index (χ0n) is 13.9. The van der Waals surface area contributed by atoms with Crippen molar-refractivity contribution in [1.82, 2.24) is 4.90 Å². The number of benzene rings is 2. The molecule has 0 aliphatic carbocycles. The molecule has 2 rings (SSSR count). The van der Waals surface area contributed by atoms with Gasteiger partial charge in [-0.25, -0.2) is 0 Å². The van der Waals surface area contributed by atoms with Crippen LogP contribution in [-0.4, -0.2) is 30.4 Å². The van der Waals surface area contributed by atoms with Crippen LogP contribution in [0.3, 0.4) is 0 Å². The summed E-state index contributed by atoms with van der Waals surface area (Å²) in [7, 11) is 0. The van der Waals surface area contributed by atoms with Crippen molar-refractivity contribution >= 4 is 11.6 Å². The SMILES string of the molecule is C=C(C)CN(CC)C(=O)CNc1ccccc1-c1ccccc1. The molecule has 0 saturated heterocycles. The number of carbonyl (C=O) groups is 1. The summed E-state index contributed by atoms with van der Waals surface area (Å²) in [6.45, 7) is 9.39. The van der Waals surface area contributed by atoms with Crippen molar-refractivity contribution in [3.63, 3.8) is 0 Å². The van der Waals surface area contributed by atoms with Gasteiger partial charge in [0.05, 0.1) is 6.54 Å². The number of likely N-dealkylation sites (N-methyl/N-ethyl adjacent to an activating group) is 1. The van der Waals surface area contributed by atoms with Gasteiger partial charge in [-0.2, -0.15) is 0 Å². The first-order valence-corrected chi connectivity index (χ1v) is 7.92. The third-order valence-corrected chi connectivity index (χ3v) is 3.64. The van der Waals surface area contributed by atoms with E-state index in [1.54, 1.807) is 4.90 Å². The van der Waals surface area contributed by atoms with Gasteiger partial charge in [0.1, 0.15) is 0 Å². The minimum Gasteiger partial charge on any atom is -0.376 e. The van der Waals surface area contributed by atoms with E-state index in [0.717, 1.165) is 22.4 Å². The summed E-state index contributed by atoms with van der Waals surface area (Å²) in [6.07, 6.45) is 0. The number of hydrogen-bond donors (Lipinski definition) is 1. The van der Waals surface area contributed by atoms with E-state index in [2.05, 4.69) is 30.1 Å². The van der Waals surface area contributed by atoms with E-state index < -0.39 is 0 Å². The standard InChI is InChI=1S/C20H24N2O/c1-4-22(15-16(2)3)20(23)14-21-19-13-9-8-12-18(19)17-10-6-5-7-11-17/h5-13,21H,2,4,14-15H2,1,3H3. The lowest BCUT2D eigenvalue weighted by atomic mass is 10.0. The average molecular weight is 308 g/mol. The van der Waals surface area contributed by atoms with Crippen LogP contribution in [0, 0.1) is 0 Å². The van der Waals surface area contributed by atoms with Gasteiger partial charge in [0.15, 0.2) is 0 Å². The second-order valence-corrected chi connectivity index (χ2v) is 5.63. The summed E-state index contributed by atoms with van der Waals surface area (Å²) in [4.78, 5) is 14.2. The normalized spacial score (nSPS) is 10.2. The van der Waals surface area contributed by atoms with Crippen LogP contribution in [0.4, 0.5) is 5.69 Å². The molecule has 0 aliphatic heterocycles. The van der Waals surface area contributed by atoms with E-state index in [-0.39, 0.29) is 12.5 Å². The highest BCUT2D eigenvalue weighted by Crippen LogP contribution is 2.27. The minimum atomic E-state index is 0.0818. The number of nitrogens with zero attached hydrogens (tertiary/aromatic N) is 1. The average Bonchev–Trinajstić information content (AvgIpc) is 2.58. The maximum Gasteiger partial charge on any atom is 0.242 e. The van der Waals surface area contributed by atoms with Crippen molar-refractivity contribution in [2.45, 2.75) is 13.8 Å². The van der Waals surface area contributed by atoms with E-state index in [1.807, 2.05) is 50.2 Å². The number of anilines is 1. The van der Waals surface area contributed by atoms with Crippen molar-refractivity contribution < 1.29 is 4.79 Å². The van der Waals surface area contributed by atoms with E-state index >= 15 is 0 Å². The van der Waals surface area contributed by atoms with Gasteiger partial charge >= 0.3 is 0 Å². The maximum atomic E-state index is 12.4. The van der Waals surface area contributed by atoms with Crippen LogP contribution in [-0.2, 0) is 4.79 Å². The molecule has 0 bridgehead atoms. The van der Waals surface area contributed by atoms with E-state index in [9.17, 15) is 4.79 Å². The van der Waals surface area contributed by atoms with Crippen LogP contribution in [0.5, 0.6) is 0 Å². The molecule has 0 aliphatic rings. The van der Waals surface area contributed by atoms with Crippen LogP contribution in [0.25, 0.3) is 11.1 Å². The quantitative estimate of drug-likeness (QED) is 0.778. The van der Waals surface area contributed by atoms with Crippen molar-refractivity contribution in [3.05, 3.63) is 66.7 Å². The predicted molar refractivity (Wildman–Crippen MR) is 97.4 cm³/mol. The fourth-order valence-electron chi connectivity index (χ4n) is 2.49. The van der Waals surface area contributed by atoms with Crippen LogP contribution in [0.2, 0.25) is 0 Å². The monoisotopic (exact) mass is 308 g/mol. The van der Waals surface area contributed by atoms with Crippen LogP contribution >= 0.6 is 0 Å². The fraction of sp³-hybridized carbons (Fsp3) is 0.250. The van der Waals surface area contributed by atoms with Gasteiger partial charge in [-0.15, -0.1) is 0 Å². The minimum absolute atomic E-state index is 0.0818. The van der Waals surface area contributed by atoms with E-state index in [0.29, 0.717) is 13.1 Å². The summed E-state index contributed by atoms with van der Waals surface area (Å²) in [5.41, 5.74) is 4.20. The number of nitrogens with one attached hydrogen (secondary N) is 1. The summed E-state index contributed by atoms with van der Waals surface area (Å²) in [5, 5.41) is 3.28. The molecule has 2 aromatic rings. The molecular weight excluding hydrogens is 284 g/mol. The Kier molecular flexibility index (Phi) is 5.98. The molecule has 1 N–H and O–H groups in total. The first-order valence-electron chi connectivity index (χ1n) is 7.92. The first kappa shape index (κ1) is 16.8. The van der Waals surface area contributed by atoms with Crippen molar-refractivity contribution in [3.8, 4) is 11.1 Å². The highest BCUT2D eigenvalue weighted by molar-refractivity contribution is 5.84. The van der Waals surface area contributed by atoms with Crippen molar-refractivity contribution in [2.24, 2.45) is 0 Å². The topological polar surface area (TPSA) is 32.3 Å². The summed E-state index contributed by atoms with van der Waals surface area (Å²) in [6, 6.07) is 18.2. The van der Waals surface area contributed by atoms with Crippen LogP contribution in [0.1, 0.15) is 13.8 Å². The Balaban J connectivity index is 2.09. The Labute approximate surface area is 138 Å². The highest BCUT2D eigenvalue weighted by Gasteiger charge is 2.12. The third kappa shape index (κ3) is 4.71. The van der Waals surface area contributed by atoms with Crippen LogP contribution in [0.15, 0.2) is 66.7 Å². The molecule has 0 aromatic heterocycles. The van der Waals surface area contributed by atoms with Gasteiger partial charge in [-0.3, -0.25) is 4.79 Å². The zero-order valence-corrected chi connectivity index (χ0v) is 13.9. The number of rotatable bonds is 7. The molecule has 2 aromatic carbocycles. The Morgan fingerprint density at radius 3 is 2.39 bits per heavy atom. The molecule has 0 radical (unpaired) electrons. The predicted octanol–water partition coefficient (Wildman–Crippen LogP) is 4.19. The van der Waals surface area contributed by atoms with E-state index in [1.165, 1.54) is 0 Å². The number of para-hydroxylation sites is 1. The number of hydrogen-bond acceptors (Lipinski definition) is 2. The lowest BCUT2D eigenvalue weighted by Gasteiger charge is -2.22. The summed E-state index contributed by atoms with van der Waals surface area (Å²) < 4.78 is 0. The van der Waals surface area contributed by atoms with Gasteiger partial charge in [-0.05, 0) is 25.5 Å². The summed E-state index contributed by atoms with van der Waals surface area (Å²) in [5.74, 6) is 0.0818. The molecule has 120 valence electrons. The molecule has 1 amide bonds. The summed E-state index contributed by atoms with van der Waals surface area (Å²) >= 11 is 0. The van der Waals surface area contributed by atoms with Crippen LogP contribution < -0.4 is 5.32 Å². The maximum absolute atomic E-state index is 12.4. The second-order valence-electron chi connectivity index (χ2n) is 5.63. The molecule has 23 heavy (non-hydrogen) atoms. The molecule has 0 saturated carbocycles. The Bertz CT molecular complexity index is 664. The van der Waals surface area contributed by atoms with Crippen molar-refractivity contribution in [2.75, 3.05) is 25.0 Å². The second kappa shape index (κ2) is 8.18. The number of carbonyl (C=O) groups excluding carboxylic acids is 1. The Morgan fingerprint density at radius 2 is 1.74 bits per heavy atom. The molecular formula is C20H24N2O. The lowest BCUT2D eigenvalue weighted by molar-refractivity contribution is -0.128.